The molecule has 0 atom stereocenters. The Morgan fingerprint density at radius 1 is 1.28 bits per heavy atom. The fourth-order valence-electron chi connectivity index (χ4n) is 4.11. The number of piperidine rings is 1. The van der Waals surface area contributed by atoms with Crippen LogP contribution in [0.4, 0.5) is 27.8 Å². The smallest absolute Gasteiger partial charge is 0.372 e. The van der Waals surface area contributed by atoms with Gasteiger partial charge < -0.3 is 15.0 Å². The Labute approximate surface area is 185 Å². The number of hydrogen-bond acceptors (Lipinski definition) is 6. The van der Waals surface area contributed by atoms with Gasteiger partial charge in [-0.1, -0.05) is 0 Å². The summed E-state index contributed by atoms with van der Waals surface area (Å²) in [5.74, 6) is -0.305. The van der Waals surface area contributed by atoms with Crippen LogP contribution in [-0.2, 0) is 10.9 Å². The molecule has 6 nitrogen and oxygen atoms in total. The molecule has 0 aliphatic carbocycles. The van der Waals surface area contributed by atoms with E-state index in [2.05, 4.69) is 10.3 Å². The Kier molecular flexibility index (Phi) is 6.55. The van der Waals surface area contributed by atoms with Gasteiger partial charge in [0.25, 0.3) is 12.3 Å². The third kappa shape index (κ3) is 4.81. The second-order valence-electron chi connectivity index (χ2n) is 7.99. The number of anilines is 1. The van der Waals surface area contributed by atoms with Crippen LogP contribution < -0.4 is 10.2 Å². The third-order valence-corrected chi connectivity index (χ3v) is 6.76. The third-order valence-electron chi connectivity index (χ3n) is 5.76. The highest BCUT2D eigenvalue weighted by Crippen LogP contribution is 2.40. The number of likely N-dealkylation sites (tertiary alicyclic amines) is 1. The lowest BCUT2D eigenvalue weighted by atomic mass is 10.1. The first kappa shape index (κ1) is 23.1. The predicted molar refractivity (Wildman–Crippen MR) is 111 cm³/mol. The molecule has 4 heterocycles. The number of hydrogen-bond donors (Lipinski definition) is 1. The van der Waals surface area contributed by atoms with Crippen molar-refractivity contribution >= 4 is 33.3 Å². The molecule has 0 bridgehead atoms. The van der Waals surface area contributed by atoms with Gasteiger partial charge in [-0.3, -0.25) is 9.69 Å². The molecule has 176 valence electrons. The quantitative estimate of drug-likeness (QED) is 0.643. The van der Waals surface area contributed by atoms with E-state index in [0.717, 1.165) is 17.4 Å². The van der Waals surface area contributed by atoms with Gasteiger partial charge in [0.05, 0.1) is 40.1 Å². The molecule has 32 heavy (non-hydrogen) atoms. The summed E-state index contributed by atoms with van der Waals surface area (Å²) in [6.45, 7) is 1.59. The van der Waals surface area contributed by atoms with E-state index >= 15 is 0 Å². The lowest BCUT2D eigenvalue weighted by Crippen LogP contribution is -2.55. The van der Waals surface area contributed by atoms with Crippen molar-refractivity contribution in [1.82, 2.24) is 15.2 Å². The zero-order valence-corrected chi connectivity index (χ0v) is 18.1. The topological polar surface area (TPSA) is 57.7 Å². The van der Waals surface area contributed by atoms with Gasteiger partial charge in [-0.2, -0.15) is 13.2 Å². The minimum atomic E-state index is -4.57. The van der Waals surface area contributed by atoms with E-state index in [1.807, 2.05) is 0 Å². The maximum Gasteiger partial charge on any atom is 0.417 e. The zero-order chi connectivity index (χ0) is 23.0. The molecule has 12 heteroatoms. The first-order valence-electron chi connectivity index (χ1n) is 10.3. The molecule has 2 aliphatic rings. The first-order valence-corrected chi connectivity index (χ1v) is 11.2. The van der Waals surface area contributed by atoms with Gasteiger partial charge in [-0.25, -0.2) is 13.8 Å². The summed E-state index contributed by atoms with van der Waals surface area (Å²) in [5.41, 5.74) is -0.632. The summed E-state index contributed by atoms with van der Waals surface area (Å²) in [4.78, 5) is 19.9. The number of fused-ring (bicyclic) bond motifs is 1. The van der Waals surface area contributed by atoms with E-state index < -0.39 is 24.1 Å². The van der Waals surface area contributed by atoms with Crippen LogP contribution in [0.1, 0.15) is 28.8 Å². The average molecular weight is 478 g/mol. The van der Waals surface area contributed by atoms with Crippen LogP contribution in [0.25, 0.3) is 10.2 Å². The number of ether oxygens (including phenoxy) is 1. The summed E-state index contributed by atoms with van der Waals surface area (Å²) < 4.78 is 71.8. The number of alkyl halides is 5. The van der Waals surface area contributed by atoms with Crippen LogP contribution in [0, 0.1) is 0 Å². The number of thiophene rings is 1. The van der Waals surface area contributed by atoms with Crippen molar-refractivity contribution in [3.8, 4) is 0 Å². The normalized spacial score (nSPS) is 19.0. The van der Waals surface area contributed by atoms with Gasteiger partial charge in [0, 0.05) is 38.6 Å². The highest BCUT2D eigenvalue weighted by Gasteiger charge is 2.37. The van der Waals surface area contributed by atoms with Gasteiger partial charge in [-0.15, -0.1) is 11.3 Å². The number of amides is 1. The van der Waals surface area contributed by atoms with Crippen LogP contribution >= 0.6 is 11.3 Å². The number of aromatic nitrogens is 1. The van der Waals surface area contributed by atoms with Crippen LogP contribution in [0.5, 0.6) is 0 Å². The molecule has 1 amide bonds. The number of rotatable bonds is 6. The Balaban J connectivity index is 1.45. The molecule has 2 fully saturated rings. The standard InChI is InChI=1S/C20H23F5N4O2S/c1-26-19(30)13-10-32-18-14(20(23,24)25)6-16(27-17(13)18)29-4-2-11(3-5-29)31-12-7-28(8-12)9-15(21)22/h6,10-12,15H,2-5,7-9H2,1H3,(H,26,30). The van der Waals surface area contributed by atoms with Crippen LogP contribution in [0.15, 0.2) is 11.4 Å². The van der Waals surface area contributed by atoms with Crippen molar-refractivity contribution in [2.24, 2.45) is 0 Å². The van der Waals surface area contributed by atoms with Crippen molar-refractivity contribution in [3.63, 3.8) is 0 Å². The molecule has 0 aromatic carbocycles. The van der Waals surface area contributed by atoms with Crippen molar-refractivity contribution in [2.45, 2.75) is 37.7 Å². The molecule has 2 aromatic rings. The van der Waals surface area contributed by atoms with Crippen LogP contribution in [-0.4, -0.2) is 74.2 Å². The summed E-state index contributed by atoms with van der Waals surface area (Å²) in [5, 5.41) is 3.83. The maximum atomic E-state index is 13.7. The summed E-state index contributed by atoms with van der Waals surface area (Å²) in [6, 6.07) is 1.04. The molecule has 2 aliphatic heterocycles. The largest absolute Gasteiger partial charge is 0.417 e. The molecular weight excluding hydrogens is 455 g/mol. The van der Waals surface area contributed by atoms with Crippen LogP contribution in [0.3, 0.4) is 0 Å². The molecular formula is C20H23F5N4O2S. The second-order valence-corrected chi connectivity index (χ2v) is 8.87. The first-order chi connectivity index (χ1) is 15.2. The summed E-state index contributed by atoms with van der Waals surface area (Å²) in [7, 11) is 1.42. The summed E-state index contributed by atoms with van der Waals surface area (Å²) in [6.07, 6.45) is -5.90. The van der Waals surface area contributed by atoms with Crippen LogP contribution in [0.2, 0.25) is 0 Å². The lowest BCUT2D eigenvalue weighted by molar-refractivity contribution is -0.136. The fraction of sp³-hybridized carbons (Fsp3) is 0.600. The second kappa shape index (κ2) is 9.06. The fourth-order valence-corrected chi connectivity index (χ4v) is 5.13. The Hall–Kier alpha value is -2.05. The SMILES string of the molecule is CNC(=O)c1csc2c(C(F)(F)F)cc(N3CCC(OC4CN(CC(F)F)C4)CC3)nc12. The van der Waals surface area contributed by atoms with E-state index in [-0.39, 0.29) is 40.4 Å². The maximum absolute atomic E-state index is 13.7. The average Bonchev–Trinajstić information content (AvgIpc) is 3.14. The highest BCUT2D eigenvalue weighted by atomic mass is 32.1. The zero-order valence-electron chi connectivity index (χ0n) is 17.3. The van der Waals surface area contributed by atoms with E-state index in [0.29, 0.717) is 39.0 Å². The van der Waals surface area contributed by atoms with E-state index in [1.165, 1.54) is 12.4 Å². The van der Waals surface area contributed by atoms with Crippen molar-refractivity contribution in [2.75, 3.05) is 44.7 Å². The van der Waals surface area contributed by atoms with Gasteiger partial charge in [0.1, 0.15) is 5.82 Å². The number of halogens is 5. The highest BCUT2D eigenvalue weighted by molar-refractivity contribution is 7.17. The van der Waals surface area contributed by atoms with Crippen molar-refractivity contribution < 1.29 is 31.5 Å². The van der Waals surface area contributed by atoms with E-state index in [9.17, 15) is 26.7 Å². The van der Waals surface area contributed by atoms with E-state index in [4.69, 9.17) is 4.74 Å². The van der Waals surface area contributed by atoms with Gasteiger partial charge in [-0.05, 0) is 18.9 Å². The Morgan fingerprint density at radius 2 is 1.97 bits per heavy atom. The molecule has 0 radical (unpaired) electrons. The molecule has 1 N–H and O–H groups in total. The molecule has 2 saturated heterocycles. The van der Waals surface area contributed by atoms with Gasteiger partial charge in [0.15, 0.2) is 0 Å². The van der Waals surface area contributed by atoms with Gasteiger partial charge in [0.2, 0.25) is 0 Å². The monoisotopic (exact) mass is 478 g/mol. The minimum absolute atomic E-state index is 0.0473. The number of nitrogens with one attached hydrogen (secondary N) is 1. The predicted octanol–water partition coefficient (Wildman–Crippen LogP) is 3.61. The van der Waals surface area contributed by atoms with Crippen molar-refractivity contribution in [1.29, 1.82) is 0 Å². The molecule has 0 spiro atoms. The lowest BCUT2D eigenvalue weighted by Gasteiger charge is -2.42. The molecule has 0 unspecified atom stereocenters. The number of pyridine rings is 1. The Morgan fingerprint density at radius 3 is 2.56 bits per heavy atom. The molecule has 2 aromatic heterocycles. The summed E-state index contributed by atoms with van der Waals surface area (Å²) >= 11 is 0.854. The number of carbonyl (C=O) groups excluding carboxylic acids is 1. The molecule has 0 saturated carbocycles. The number of nitrogens with zero attached hydrogens (tertiary/aromatic N) is 3. The minimum Gasteiger partial charge on any atom is -0.372 e. The molecule has 4 rings (SSSR count). The van der Waals surface area contributed by atoms with Crippen molar-refractivity contribution in [3.05, 3.63) is 22.6 Å². The number of carbonyl (C=O) groups is 1. The van der Waals surface area contributed by atoms with E-state index in [1.54, 1.807) is 9.80 Å². The Bertz CT molecular complexity index is 969. The van der Waals surface area contributed by atoms with Gasteiger partial charge >= 0.3 is 6.18 Å².